The van der Waals surface area contributed by atoms with E-state index in [2.05, 4.69) is 29.6 Å². The molecular formula is C34H25ClN2O3. The van der Waals surface area contributed by atoms with Gasteiger partial charge in [-0.15, -0.1) is 0 Å². The fourth-order valence-corrected chi connectivity index (χ4v) is 4.26. The number of benzene rings is 5. The maximum Gasteiger partial charge on any atom is 0.266 e. The van der Waals surface area contributed by atoms with Gasteiger partial charge >= 0.3 is 0 Å². The van der Waals surface area contributed by atoms with Crippen molar-refractivity contribution in [1.82, 2.24) is 0 Å². The van der Waals surface area contributed by atoms with Gasteiger partial charge in [-0.1, -0.05) is 78.3 Å². The zero-order valence-corrected chi connectivity index (χ0v) is 22.3. The van der Waals surface area contributed by atoms with Gasteiger partial charge < -0.3 is 14.8 Å². The van der Waals surface area contributed by atoms with Crippen LogP contribution in [0.2, 0.25) is 5.02 Å². The number of rotatable bonds is 9. The molecule has 0 spiro atoms. The monoisotopic (exact) mass is 544 g/mol. The molecule has 0 aliphatic carbocycles. The van der Waals surface area contributed by atoms with Crippen LogP contribution in [-0.4, -0.2) is 5.91 Å². The van der Waals surface area contributed by atoms with E-state index >= 15 is 0 Å². The average Bonchev–Trinajstić information content (AvgIpc) is 2.99. The Morgan fingerprint density at radius 2 is 1.43 bits per heavy atom. The van der Waals surface area contributed by atoms with Crippen molar-refractivity contribution >= 4 is 40.0 Å². The number of hydrogen-bond acceptors (Lipinski definition) is 4. The summed E-state index contributed by atoms with van der Waals surface area (Å²) in [6, 6.07) is 38.0. The van der Waals surface area contributed by atoms with E-state index in [-0.39, 0.29) is 5.57 Å². The Morgan fingerprint density at radius 3 is 2.15 bits per heavy atom. The third-order valence-electron chi connectivity index (χ3n) is 6.26. The Hall–Kier alpha value is -5.05. The van der Waals surface area contributed by atoms with Crippen molar-refractivity contribution in [2.24, 2.45) is 0 Å². The normalized spacial score (nSPS) is 11.1. The van der Waals surface area contributed by atoms with Crippen molar-refractivity contribution in [1.29, 1.82) is 5.26 Å². The van der Waals surface area contributed by atoms with Gasteiger partial charge in [0.15, 0.2) is 0 Å². The summed E-state index contributed by atoms with van der Waals surface area (Å²) in [6.45, 7) is 0.838. The van der Waals surface area contributed by atoms with Crippen molar-refractivity contribution in [3.05, 3.63) is 143 Å². The van der Waals surface area contributed by atoms with Crippen LogP contribution in [0, 0.1) is 11.3 Å². The van der Waals surface area contributed by atoms with Gasteiger partial charge in [0.05, 0.1) is 0 Å². The zero-order chi connectivity index (χ0) is 27.7. The first-order valence-electron chi connectivity index (χ1n) is 12.7. The van der Waals surface area contributed by atoms with Crippen LogP contribution in [0.25, 0.3) is 16.8 Å². The number of fused-ring (bicyclic) bond motifs is 1. The first-order valence-corrected chi connectivity index (χ1v) is 13.1. The quantitative estimate of drug-likeness (QED) is 0.150. The van der Waals surface area contributed by atoms with Crippen LogP contribution in [0.1, 0.15) is 16.7 Å². The fourth-order valence-electron chi connectivity index (χ4n) is 4.14. The summed E-state index contributed by atoms with van der Waals surface area (Å²) in [7, 11) is 0. The molecule has 0 fully saturated rings. The predicted octanol–water partition coefficient (Wildman–Crippen LogP) is 8.20. The summed E-state index contributed by atoms with van der Waals surface area (Å²) in [5.41, 5.74) is 3.37. The number of nitrogens with one attached hydrogen (secondary N) is 1. The average molecular weight is 545 g/mol. The van der Waals surface area contributed by atoms with E-state index in [0.717, 1.165) is 22.1 Å². The molecule has 0 saturated heterocycles. The molecule has 1 amide bonds. The molecule has 0 saturated carbocycles. The molecule has 0 aliphatic heterocycles. The van der Waals surface area contributed by atoms with Gasteiger partial charge in [-0.3, -0.25) is 4.79 Å². The van der Waals surface area contributed by atoms with Gasteiger partial charge in [-0.2, -0.15) is 5.26 Å². The molecule has 0 aromatic heterocycles. The molecule has 6 heteroatoms. The van der Waals surface area contributed by atoms with Crippen molar-refractivity contribution < 1.29 is 14.3 Å². The molecule has 5 nitrogen and oxygen atoms in total. The summed E-state index contributed by atoms with van der Waals surface area (Å²) < 4.78 is 11.8. The SMILES string of the molecule is N#C/C(=C\c1ccc(OCc2cccc3ccccc23)cc1)C(=O)Nc1ccc(OCc2ccc(Cl)cc2)cc1. The number of nitrogens with zero attached hydrogens (tertiary/aromatic N) is 1. The first kappa shape index (κ1) is 26.6. The van der Waals surface area contributed by atoms with Crippen molar-refractivity contribution in [3.63, 3.8) is 0 Å². The number of hydrogen-bond donors (Lipinski definition) is 1. The second kappa shape index (κ2) is 12.7. The standard InChI is InChI=1S/C34H25ClN2O3/c35-29-12-8-25(9-13-29)22-39-32-18-14-30(15-19-32)37-34(38)28(21-36)20-24-10-16-31(17-11-24)40-23-27-6-3-5-26-4-1-2-7-33(26)27/h1-20H,22-23H2,(H,37,38)/b28-20+. The molecule has 0 radical (unpaired) electrons. The highest BCUT2D eigenvalue weighted by molar-refractivity contribution is 6.30. The van der Waals surface area contributed by atoms with E-state index < -0.39 is 5.91 Å². The van der Waals surface area contributed by atoms with Gasteiger partial charge in [0, 0.05) is 10.7 Å². The number of carbonyl (C=O) groups is 1. The Balaban J connectivity index is 1.16. The lowest BCUT2D eigenvalue weighted by atomic mass is 10.1. The molecule has 0 heterocycles. The second-order valence-electron chi connectivity index (χ2n) is 9.06. The minimum absolute atomic E-state index is 0.00695. The van der Waals surface area contributed by atoms with Gasteiger partial charge in [0.1, 0.15) is 36.4 Å². The van der Waals surface area contributed by atoms with E-state index in [1.807, 2.05) is 72.8 Å². The van der Waals surface area contributed by atoms with E-state index in [0.29, 0.717) is 35.4 Å². The van der Waals surface area contributed by atoms with Gasteiger partial charge in [-0.05, 0) is 82.1 Å². The lowest BCUT2D eigenvalue weighted by molar-refractivity contribution is -0.112. The lowest BCUT2D eigenvalue weighted by Gasteiger charge is -2.10. The number of ether oxygens (including phenoxy) is 2. The Morgan fingerprint density at radius 1 is 0.775 bits per heavy atom. The molecule has 5 rings (SSSR count). The van der Waals surface area contributed by atoms with E-state index in [1.54, 1.807) is 30.3 Å². The third-order valence-corrected chi connectivity index (χ3v) is 6.51. The highest BCUT2D eigenvalue weighted by Crippen LogP contribution is 2.22. The van der Waals surface area contributed by atoms with Gasteiger partial charge in [-0.25, -0.2) is 0 Å². The number of halogens is 1. The van der Waals surface area contributed by atoms with Crippen LogP contribution in [0.3, 0.4) is 0 Å². The molecule has 5 aromatic rings. The van der Waals surface area contributed by atoms with Crippen LogP contribution >= 0.6 is 11.6 Å². The molecule has 196 valence electrons. The Kier molecular flexibility index (Phi) is 8.41. The maximum atomic E-state index is 12.7. The first-order chi connectivity index (χ1) is 19.6. The molecule has 0 bridgehead atoms. The summed E-state index contributed by atoms with van der Waals surface area (Å²) in [5, 5.41) is 15.4. The highest BCUT2D eigenvalue weighted by atomic mass is 35.5. The van der Waals surface area contributed by atoms with Crippen LogP contribution in [-0.2, 0) is 18.0 Å². The molecule has 5 aromatic carbocycles. The summed E-state index contributed by atoms with van der Waals surface area (Å²) >= 11 is 5.91. The third kappa shape index (κ3) is 6.87. The largest absolute Gasteiger partial charge is 0.489 e. The molecule has 40 heavy (non-hydrogen) atoms. The molecular weight excluding hydrogens is 520 g/mol. The number of anilines is 1. The fraction of sp³-hybridized carbons (Fsp3) is 0.0588. The van der Waals surface area contributed by atoms with Gasteiger partial charge in [0.25, 0.3) is 5.91 Å². The molecule has 1 N–H and O–H groups in total. The van der Waals surface area contributed by atoms with E-state index in [4.69, 9.17) is 21.1 Å². The van der Waals surface area contributed by atoms with Crippen LogP contribution < -0.4 is 14.8 Å². The van der Waals surface area contributed by atoms with Gasteiger partial charge in [0.2, 0.25) is 0 Å². The smallest absolute Gasteiger partial charge is 0.266 e. The predicted molar refractivity (Wildman–Crippen MR) is 159 cm³/mol. The van der Waals surface area contributed by atoms with Crippen molar-refractivity contribution in [2.75, 3.05) is 5.32 Å². The second-order valence-corrected chi connectivity index (χ2v) is 9.50. The lowest BCUT2D eigenvalue weighted by Crippen LogP contribution is -2.13. The minimum atomic E-state index is -0.492. The van der Waals surface area contributed by atoms with Crippen LogP contribution in [0.5, 0.6) is 11.5 Å². The topological polar surface area (TPSA) is 71.3 Å². The highest BCUT2D eigenvalue weighted by Gasteiger charge is 2.10. The zero-order valence-electron chi connectivity index (χ0n) is 21.5. The van der Waals surface area contributed by atoms with E-state index in [1.165, 1.54) is 5.39 Å². The van der Waals surface area contributed by atoms with E-state index in [9.17, 15) is 10.1 Å². The summed E-state index contributed by atoms with van der Waals surface area (Å²) in [4.78, 5) is 12.7. The number of carbonyl (C=O) groups excluding carboxylic acids is 1. The summed E-state index contributed by atoms with van der Waals surface area (Å²) in [5.74, 6) is 0.867. The minimum Gasteiger partial charge on any atom is -0.489 e. The van der Waals surface area contributed by atoms with Crippen LogP contribution in [0.15, 0.2) is 121 Å². The van der Waals surface area contributed by atoms with Crippen molar-refractivity contribution in [2.45, 2.75) is 13.2 Å². The summed E-state index contributed by atoms with van der Waals surface area (Å²) in [6.07, 6.45) is 1.55. The molecule has 0 aliphatic rings. The molecule has 0 atom stereocenters. The van der Waals surface area contributed by atoms with Crippen LogP contribution in [0.4, 0.5) is 5.69 Å². The van der Waals surface area contributed by atoms with Crippen molar-refractivity contribution in [3.8, 4) is 17.6 Å². The maximum absolute atomic E-state index is 12.7. The Labute approximate surface area is 237 Å². The molecule has 0 unspecified atom stereocenters. The Bertz CT molecular complexity index is 1680. The number of nitriles is 1. The number of amides is 1.